The number of ketones is 1. The topological polar surface area (TPSA) is 130 Å². The van der Waals surface area contributed by atoms with Crippen molar-refractivity contribution in [1.82, 2.24) is 0 Å². The molecule has 144 valence electrons. The summed E-state index contributed by atoms with van der Waals surface area (Å²) in [7, 11) is 0. The number of aliphatic carboxylic acids is 2. The van der Waals surface area contributed by atoms with Gasteiger partial charge in [0.1, 0.15) is 6.04 Å². The Hall–Kier alpha value is -2.41. The Morgan fingerprint density at radius 2 is 1.81 bits per heavy atom. The summed E-state index contributed by atoms with van der Waals surface area (Å²) in [6, 6.07) is 4.36. The van der Waals surface area contributed by atoms with E-state index in [2.05, 4.69) is 5.32 Å². The number of para-hydroxylation sites is 1. The summed E-state index contributed by atoms with van der Waals surface area (Å²) in [6.45, 7) is 6.06. The Balaban J connectivity index is 3.05. The second-order valence-electron chi connectivity index (χ2n) is 7.27. The lowest BCUT2D eigenvalue weighted by molar-refractivity contribution is -0.139. The van der Waals surface area contributed by atoms with E-state index in [1.54, 1.807) is 18.2 Å². The minimum Gasteiger partial charge on any atom is -0.481 e. The van der Waals surface area contributed by atoms with Crippen LogP contribution >= 0.6 is 0 Å². The first-order chi connectivity index (χ1) is 12.1. The molecule has 0 saturated carbocycles. The number of nitrogens with two attached hydrogens (primary N) is 1. The smallest absolute Gasteiger partial charge is 0.326 e. The van der Waals surface area contributed by atoms with Gasteiger partial charge in [0.25, 0.3) is 0 Å². The molecule has 1 aromatic carbocycles. The highest BCUT2D eigenvalue weighted by atomic mass is 16.4. The summed E-state index contributed by atoms with van der Waals surface area (Å²) in [5.41, 5.74) is 6.04. The van der Waals surface area contributed by atoms with Gasteiger partial charge in [-0.3, -0.25) is 9.59 Å². The van der Waals surface area contributed by atoms with Gasteiger partial charge in [-0.2, -0.15) is 0 Å². The van der Waals surface area contributed by atoms with Crippen LogP contribution in [-0.2, 0) is 9.59 Å². The third-order valence-electron chi connectivity index (χ3n) is 4.24. The summed E-state index contributed by atoms with van der Waals surface area (Å²) in [5, 5.41) is 21.3. The fraction of sp³-hybridized carbons (Fsp3) is 0.526. The monoisotopic (exact) mass is 364 g/mol. The van der Waals surface area contributed by atoms with Crippen LogP contribution in [0.2, 0.25) is 0 Å². The number of hydrogen-bond acceptors (Lipinski definition) is 5. The predicted molar refractivity (Wildman–Crippen MR) is 99.4 cm³/mol. The zero-order chi connectivity index (χ0) is 19.9. The summed E-state index contributed by atoms with van der Waals surface area (Å²) in [4.78, 5) is 35.0. The third kappa shape index (κ3) is 6.48. The quantitative estimate of drug-likeness (QED) is 0.444. The van der Waals surface area contributed by atoms with Gasteiger partial charge in [0.15, 0.2) is 5.78 Å². The molecule has 2 unspecified atom stereocenters. The number of carboxylic acids is 2. The number of nitrogens with one attached hydrogen (secondary N) is 1. The predicted octanol–water partition coefficient (Wildman–Crippen LogP) is 2.75. The van der Waals surface area contributed by atoms with Gasteiger partial charge >= 0.3 is 11.9 Å². The second-order valence-corrected chi connectivity index (χ2v) is 7.27. The highest BCUT2D eigenvalue weighted by Gasteiger charge is 2.29. The molecule has 5 N–H and O–H groups in total. The zero-order valence-electron chi connectivity index (χ0n) is 15.5. The molecule has 0 spiro atoms. The van der Waals surface area contributed by atoms with E-state index in [0.29, 0.717) is 12.1 Å². The zero-order valence-corrected chi connectivity index (χ0v) is 15.5. The highest BCUT2D eigenvalue weighted by Crippen LogP contribution is 2.30. The number of hydrogen-bond donors (Lipinski definition) is 4. The number of carbonyl (C=O) groups is 3. The Kier molecular flexibility index (Phi) is 7.76. The fourth-order valence-corrected chi connectivity index (χ4v) is 3.02. The van der Waals surface area contributed by atoms with Crippen molar-refractivity contribution in [2.75, 3.05) is 5.32 Å². The van der Waals surface area contributed by atoms with Crippen molar-refractivity contribution in [3.05, 3.63) is 29.8 Å². The largest absolute Gasteiger partial charge is 0.481 e. The summed E-state index contributed by atoms with van der Waals surface area (Å²) < 4.78 is 0. The fourth-order valence-electron chi connectivity index (χ4n) is 3.02. The summed E-state index contributed by atoms with van der Waals surface area (Å²) in [6.07, 6.45) is 1.72. The molecule has 0 heterocycles. The third-order valence-corrected chi connectivity index (χ3v) is 4.24. The number of carboxylic acid groups (broad SMARTS) is 2. The van der Waals surface area contributed by atoms with Gasteiger partial charge in [0.05, 0.1) is 12.5 Å². The minimum absolute atomic E-state index is 0.177. The van der Waals surface area contributed by atoms with E-state index in [1.807, 2.05) is 20.8 Å². The van der Waals surface area contributed by atoms with Crippen molar-refractivity contribution in [3.8, 4) is 0 Å². The first-order valence-corrected chi connectivity index (χ1v) is 8.67. The number of benzene rings is 1. The lowest BCUT2D eigenvalue weighted by Gasteiger charge is -2.29. The van der Waals surface area contributed by atoms with Crippen LogP contribution in [0.3, 0.4) is 0 Å². The van der Waals surface area contributed by atoms with Crippen LogP contribution in [0.4, 0.5) is 5.69 Å². The molecule has 0 aliphatic rings. The molecule has 0 aromatic heterocycles. The maximum Gasteiger partial charge on any atom is 0.326 e. The number of carbonyl (C=O) groups excluding carboxylic acids is 1. The molecule has 26 heavy (non-hydrogen) atoms. The van der Waals surface area contributed by atoms with Crippen molar-refractivity contribution >= 4 is 23.4 Å². The molecular weight excluding hydrogens is 336 g/mol. The van der Waals surface area contributed by atoms with E-state index in [0.717, 1.165) is 12.8 Å². The van der Waals surface area contributed by atoms with Crippen molar-refractivity contribution in [2.45, 2.75) is 58.5 Å². The van der Waals surface area contributed by atoms with Crippen LogP contribution in [0.1, 0.15) is 56.8 Å². The van der Waals surface area contributed by atoms with Crippen LogP contribution in [-0.4, -0.2) is 40.0 Å². The van der Waals surface area contributed by atoms with Gasteiger partial charge < -0.3 is 21.3 Å². The SMILES string of the molecule is CCCC(C)(C)CC(Nc1ccccc1C(=O)C(N)CC(=O)O)C(=O)O. The Morgan fingerprint density at radius 1 is 1.19 bits per heavy atom. The van der Waals surface area contributed by atoms with Gasteiger partial charge in [0, 0.05) is 11.3 Å². The summed E-state index contributed by atoms with van der Waals surface area (Å²) >= 11 is 0. The van der Waals surface area contributed by atoms with Crippen LogP contribution in [0, 0.1) is 5.41 Å². The van der Waals surface area contributed by atoms with E-state index >= 15 is 0 Å². The molecule has 7 nitrogen and oxygen atoms in total. The maximum absolute atomic E-state index is 12.5. The number of anilines is 1. The standard InChI is InChI=1S/C19H28N2O5/c1-4-9-19(2,3)11-15(18(25)26)21-14-8-6-5-7-12(14)17(24)13(20)10-16(22)23/h5-8,13,15,21H,4,9-11,20H2,1-3H3,(H,22,23)(H,25,26). The van der Waals surface area contributed by atoms with E-state index in [-0.39, 0.29) is 11.0 Å². The molecule has 0 fully saturated rings. The van der Waals surface area contributed by atoms with E-state index in [9.17, 15) is 19.5 Å². The molecular formula is C19H28N2O5. The van der Waals surface area contributed by atoms with Gasteiger partial charge in [-0.15, -0.1) is 0 Å². The first-order valence-electron chi connectivity index (χ1n) is 8.67. The average molecular weight is 364 g/mol. The molecule has 2 atom stereocenters. The Morgan fingerprint density at radius 3 is 2.35 bits per heavy atom. The molecule has 1 aromatic rings. The van der Waals surface area contributed by atoms with Crippen molar-refractivity contribution in [1.29, 1.82) is 0 Å². The van der Waals surface area contributed by atoms with Crippen LogP contribution in [0.5, 0.6) is 0 Å². The molecule has 1 rings (SSSR count). The number of Topliss-reactive ketones (excluding diaryl/α,β-unsaturated/α-hetero) is 1. The van der Waals surface area contributed by atoms with Crippen LogP contribution < -0.4 is 11.1 Å². The molecule has 0 amide bonds. The number of rotatable bonds is 11. The van der Waals surface area contributed by atoms with E-state index < -0.39 is 36.2 Å². The second kappa shape index (κ2) is 9.33. The lowest BCUT2D eigenvalue weighted by atomic mass is 9.81. The Bertz CT molecular complexity index is 657. The van der Waals surface area contributed by atoms with Gasteiger partial charge in [0.2, 0.25) is 0 Å². The molecule has 0 radical (unpaired) electrons. The highest BCUT2D eigenvalue weighted by molar-refractivity contribution is 6.06. The van der Waals surface area contributed by atoms with Crippen LogP contribution in [0.15, 0.2) is 24.3 Å². The maximum atomic E-state index is 12.5. The molecule has 7 heteroatoms. The molecule has 0 aliphatic heterocycles. The normalized spacial score (nSPS) is 13.7. The summed E-state index contributed by atoms with van der Waals surface area (Å²) in [5.74, 6) is -2.71. The van der Waals surface area contributed by atoms with Gasteiger partial charge in [-0.25, -0.2) is 4.79 Å². The molecule has 0 saturated heterocycles. The molecule has 0 aliphatic carbocycles. The van der Waals surface area contributed by atoms with Crippen molar-refractivity contribution < 1.29 is 24.6 Å². The minimum atomic E-state index is -1.18. The average Bonchev–Trinajstić information content (AvgIpc) is 2.53. The van der Waals surface area contributed by atoms with Gasteiger partial charge in [-0.1, -0.05) is 39.3 Å². The lowest BCUT2D eigenvalue weighted by Crippen LogP contribution is -2.36. The van der Waals surface area contributed by atoms with E-state index in [1.165, 1.54) is 6.07 Å². The van der Waals surface area contributed by atoms with E-state index in [4.69, 9.17) is 10.8 Å². The first kappa shape index (κ1) is 21.6. The molecule has 0 bridgehead atoms. The van der Waals surface area contributed by atoms with Gasteiger partial charge in [-0.05, 0) is 30.4 Å². The Labute approximate surface area is 153 Å². The van der Waals surface area contributed by atoms with Crippen molar-refractivity contribution in [2.24, 2.45) is 11.1 Å². The van der Waals surface area contributed by atoms with Crippen molar-refractivity contribution in [3.63, 3.8) is 0 Å². The van der Waals surface area contributed by atoms with Crippen LogP contribution in [0.25, 0.3) is 0 Å².